The molecule has 0 bridgehead atoms. The van der Waals surface area contributed by atoms with Crippen molar-refractivity contribution in [2.75, 3.05) is 0 Å². The summed E-state index contributed by atoms with van der Waals surface area (Å²) in [6, 6.07) is 5.02. The Morgan fingerprint density at radius 3 is 2.89 bits per heavy atom. The average molecular weight is 264 g/mol. The number of non-ortho nitro benzene ring substituents is 1. The molecule has 1 amide bonds. The number of hydrogen-bond acceptors (Lipinski definition) is 4. The molecule has 19 heavy (non-hydrogen) atoms. The summed E-state index contributed by atoms with van der Waals surface area (Å²) in [6.07, 6.45) is 0.481. The van der Waals surface area contributed by atoms with E-state index >= 15 is 0 Å². The largest absolute Gasteiger partial charge is 0.480 e. The van der Waals surface area contributed by atoms with Gasteiger partial charge in [-0.25, -0.2) is 4.79 Å². The first-order valence-electron chi connectivity index (χ1n) is 5.74. The zero-order valence-electron chi connectivity index (χ0n) is 9.98. The van der Waals surface area contributed by atoms with Crippen molar-refractivity contribution in [1.82, 2.24) is 4.90 Å². The number of hydrogen-bond donors (Lipinski definition) is 1. The first kappa shape index (κ1) is 13.0. The fraction of sp³-hybridized carbons (Fsp3) is 0.333. The Hall–Kier alpha value is -2.44. The zero-order valence-corrected chi connectivity index (χ0v) is 9.98. The maximum atomic E-state index is 11.6. The van der Waals surface area contributed by atoms with E-state index in [2.05, 4.69) is 0 Å². The highest BCUT2D eigenvalue weighted by atomic mass is 16.6. The Morgan fingerprint density at radius 1 is 1.53 bits per heavy atom. The highest BCUT2D eigenvalue weighted by Gasteiger charge is 2.35. The molecule has 1 aromatic carbocycles. The molecule has 1 atom stereocenters. The lowest BCUT2D eigenvalue weighted by Gasteiger charge is -2.21. The molecule has 7 nitrogen and oxygen atoms in total. The van der Waals surface area contributed by atoms with Crippen LogP contribution in [-0.4, -0.2) is 32.8 Å². The third kappa shape index (κ3) is 2.70. The molecule has 0 radical (unpaired) electrons. The monoisotopic (exact) mass is 264 g/mol. The van der Waals surface area contributed by atoms with E-state index in [9.17, 15) is 19.7 Å². The summed E-state index contributed by atoms with van der Waals surface area (Å²) in [6.45, 7) is 0.0808. The fourth-order valence-corrected chi connectivity index (χ4v) is 2.15. The minimum atomic E-state index is -1.05. The van der Waals surface area contributed by atoms with Crippen molar-refractivity contribution in [3.63, 3.8) is 0 Å². The van der Waals surface area contributed by atoms with E-state index in [0.29, 0.717) is 5.56 Å². The van der Waals surface area contributed by atoms with Gasteiger partial charge in [-0.15, -0.1) is 0 Å². The van der Waals surface area contributed by atoms with Crippen LogP contribution in [0.2, 0.25) is 0 Å². The molecule has 0 spiro atoms. The molecular weight excluding hydrogens is 252 g/mol. The van der Waals surface area contributed by atoms with Gasteiger partial charge in [0.1, 0.15) is 6.04 Å². The minimum absolute atomic E-state index is 0.0731. The van der Waals surface area contributed by atoms with Crippen molar-refractivity contribution in [3.05, 3.63) is 39.9 Å². The summed E-state index contributed by atoms with van der Waals surface area (Å²) in [7, 11) is 0. The molecule has 1 saturated heterocycles. The van der Waals surface area contributed by atoms with Crippen LogP contribution in [0.25, 0.3) is 0 Å². The summed E-state index contributed by atoms with van der Waals surface area (Å²) in [5.74, 6) is -1.28. The van der Waals surface area contributed by atoms with Crippen LogP contribution in [0.1, 0.15) is 18.4 Å². The van der Waals surface area contributed by atoms with E-state index < -0.39 is 16.9 Å². The van der Waals surface area contributed by atoms with Crippen LogP contribution >= 0.6 is 0 Å². The normalized spacial score (nSPS) is 18.6. The minimum Gasteiger partial charge on any atom is -0.480 e. The lowest BCUT2D eigenvalue weighted by molar-refractivity contribution is -0.384. The molecule has 1 unspecified atom stereocenters. The Kier molecular flexibility index (Phi) is 3.46. The van der Waals surface area contributed by atoms with Crippen LogP contribution in [0, 0.1) is 10.1 Å². The molecule has 2 rings (SSSR count). The first-order valence-corrected chi connectivity index (χ1v) is 5.74. The van der Waals surface area contributed by atoms with Gasteiger partial charge in [-0.1, -0.05) is 12.1 Å². The standard InChI is InChI=1S/C12H12N2O5/c15-11-5-4-10(12(16)17)13(11)7-8-2-1-3-9(6-8)14(18)19/h1-3,6,10H,4-5,7H2,(H,16,17). The van der Waals surface area contributed by atoms with Crippen molar-refractivity contribution in [2.45, 2.75) is 25.4 Å². The van der Waals surface area contributed by atoms with Crippen molar-refractivity contribution >= 4 is 17.6 Å². The lowest BCUT2D eigenvalue weighted by Crippen LogP contribution is -2.37. The lowest BCUT2D eigenvalue weighted by atomic mass is 10.1. The summed E-state index contributed by atoms with van der Waals surface area (Å²) in [4.78, 5) is 34.0. The number of amides is 1. The molecular formula is C12H12N2O5. The number of benzene rings is 1. The second-order valence-electron chi connectivity index (χ2n) is 4.34. The summed E-state index contributed by atoms with van der Waals surface area (Å²) < 4.78 is 0. The van der Waals surface area contributed by atoms with Crippen molar-refractivity contribution in [3.8, 4) is 0 Å². The number of carboxylic acid groups (broad SMARTS) is 1. The van der Waals surface area contributed by atoms with Crippen LogP contribution in [0.15, 0.2) is 24.3 Å². The maximum Gasteiger partial charge on any atom is 0.326 e. The molecule has 1 fully saturated rings. The van der Waals surface area contributed by atoms with E-state index in [-0.39, 0.29) is 31.0 Å². The quantitative estimate of drug-likeness (QED) is 0.649. The molecule has 1 heterocycles. The third-order valence-corrected chi connectivity index (χ3v) is 3.09. The number of likely N-dealkylation sites (tertiary alicyclic amines) is 1. The smallest absolute Gasteiger partial charge is 0.326 e. The molecule has 1 aromatic rings. The summed E-state index contributed by atoms with van der Waals surface area (Å²) in [5, 5.41) is 19.7. The molecule has 100 valence electrons. The Balaban J connectivity index is 2.20. The number of nitro benzene ring substituents is 1. The van der Waals surface area contributed by atoms with Gasteiger partial charge in [0, 0.05) is 25.1 Å². The van der Waals surface area contributed by atoms with Crippen LogP contribution in [0.4, 0.5) is 5.69 Å². The number of carbonyl (C=O) groups is 2. The fourth-order valence-electron chi connectivity index (χ4n) is 2.15. The predicted octanol–water partition coefficient (Wildman–Crippen LogP) is 1.17. The van der Waals surface area contributed by atoms with E-state index in [4.69, 9.17) is 5.11 Å². The second-order valence-corrected chi connectivity index (χ2v) is 4.34. The number of aliphatic carboxylic acids is 1. The van der Waals surface area contributed by atoms with Gasteiger partial charge in [0.15, 0.2) is 0 Å². The van der Waals surface area contributed by atoms with Gasteiger partial charge in [0.25, 0.3) is 5.69 Å². The SMILES string of the molecule is O=C(O)C1CCC(=O)N1Cc1cccc([N+](=O)[O-])c1. The molecule has 1 N–H and O–H groups in total. The topological polar surface area (TPSA) is 101 Å². The van der Waals surface area contributed by atoms with Gasteiger partial charge in [-0.3, -0.25) is 14.9 Å². The zero-order chi connectivity index (χ0) is 14.0. The molecule has 0 saturated carbocycles. The van der Waals surface area contributed by atoms with Crippen LogP contribution in [-0.2, 0) is 16.1 Å². The highest BCUT2D eigenvalue weighted by Crippen LogP contribution is 2.23. The number of rotatable bonds is 4. The molecule has 1 aliphatic heterocycles. The van der Waals surface area contributed by atoms with Crippen LogP contribution in [0.3, 0.4) is 0 Å². The molecule has 7 heteroatoms. The number of nitro groups is 1. The van der Waals surface area contributed by atoms with Gasteiger partial charge in [-0.2, -0.15) is 0 Å². The Labute approximate surface area is 108 Å². The van der Waals surface area contributed by atoms with Crippen molar-refractivity contribution < 1.29 is 19.6 Å². The average Bonchev–Trinajstić information content (AvgIpc) is 2.71. The highest BCUT2D eigenvalue weighted by molar-refractivity contribution is 5.87. The Morgan fingerprint density at radius 2 is 2.26 bits per heavy atom. The predicted molar refractivity (Wildman–Crippen MR) is 64.3 cm³/mol. The van der Waals surface area contributed by atoms with Gasteiger partial charge >= 0.3 is 5.97 Å². The van der Waals surface area contributed by atoms with Gasteiger partial charge in [0.2, 0.25) is 5.91 Å². The van der Waals surface area contributed by atoms with Gasteiger partial charge in [0.05, 0.1) is 4.92 Å². The van der Waals surface area contributed by atoms with Crippen LogP contribution < -0.4 is 0 Å². The van der Waals surface area contributed by atoms with Crippen molar-refractivity contribution in [2.24, 2.45) is 0 Å². The number of carboxylic acids is 1. The molecule has 1 aliphatic rings. The van der Waals surface area contributed by atoms with Gasteiger partial charge in [-0.05, 0) is 12.0 Å². The Bertz CT molecular complexity index is 543. The number of nitrogens with zero attached hydrogens (tertiary/aromatic N) is 2. The third-order valence-electron chi connectivity index (χ3n) is 3.09. The van der Waals surface area contributed by atoms with E-state index in [1.807, 2.05) is 0 Å². The second kappa shape index (κ2) is 5.05. The first-order chi connectivity index (χ1) is 8.99. The van der Waals surface area contributed by atoms with Gasteiger partial charge < -0.3 is 10.0 Å². The van der Waals surface area contributed by atoms with E-state index in [0.717, 1.165) is 0 Å². The summed E-state index contributed by atoms with van der Waals surface area (Å²) in [5.41, 5.74) is 0.478. The molecule has 0 aliphatic carbocycles. The van der Waals surface area contributed by atoms with E-state index in [1.165, 1.54) is 23.1 Å². The van der Waals surface area contributed by atoms with Crippen molar-refractivity contribution in [1.29, 1.82) is 0 Å². The van der Waals surface area contributed by atoms with E-state index in [1.54, 1.807) is 6.07 Å². The molecule has 0 aromatic heterocycles. The summed E-state index contributed by atoms with van der Waals surface area (Å²) >= 11 is 0. The van der Waals surface area contributed by atoms with Crippen LogP contribution in [0.5, 0.6) is 0 Å². The number of carbonyl (C=O) groups excluding carboxylic acids is 1. The maximum absolute atomic E-state index is 11.6.